The van der Waals surface area contributed by atoms with Crippen molar-refractivity contribution in [2.75, 3.05) is 20.7 Å². The van der Waals surface area contributed by atoms with Gasteiger partial charge in [-0.3, -0.25) is 4.48 Å². The smallest absolute Gasteiger partial charge is 0.278 e. The summed E-state index contributed by atoms with van der Waals surface area (Å²) in [7, 11) is 4.14. The minimum Gasteiger partial charge on any atom is -0.317 e. The largest absolute Gasteiger partial charge is 0.317 e. The Balaban J connectivity index is 2.68. The molecule has 0 unspecified atom stereocenters. The predicted octanol–water partition coefficient (Wildman–Crippen LogP) is 1.12. The predicted molar refractivity (Wildman–Crippen MR) is 36.1 cm³/mol. The minimum atomic E-state index is 0.728. The van der Waals surface area contributed by atoms with Crippen LogP contribution in [0.25, 0.3) is 0 Å². The fourth-order valence-electron chi connectivity index (χ4n) is 0.997. The fourth-order valence-corrected chi connectivity index (χ4v) is 0.997. The second kappa shape index (κ2) is 2.12. The number of nitrogens with zero attached hydrogens (tertiary/aromatic N) is 1. The fraction of sp³-hybridized carbons (Fsp3) is 0.571. The molecule has 51 valence electrons. The highest BCUT2D eigenvalue weighted by Crippen LogP contribution is 2.13. The highest BCUT2D eigenvalue weighted by Gasteiger charge is 2.18. The average molecular weight is 127 g/mol. The molecule has 0 aromatic heterocycles. The van der Waals surface area contributed by atoms with E-state index in [9.17, 15) is 0 Å². The van der Waals surface area contributed by atoms with Crippen LogP contribution in [0.3, 0.4) is 0 Å². The SMILES string of the molecule is CC1=C[N+](C)(C)[CH]OC1. The van der Waals surface area contributed by atoms with Crippen molar-refractivity contribution in [2.24, 2.45) is 0 Å². The number of quaternary nitrogens is 1. The van der Waals surface area contributed by atoms with Crippen LogP contribution < -0.4 is 0 Å². The maximum absolute atomic E-state index is 5.18. The number of rotatable bonds is 0. The van der Waals surface area contributed by atoms with Crippen LogP contribution in [0.4, 0.5) is 0 Å². The summed E-state index contributed by atoms with van der Waals surface area (Å²) in [5, 5.41) is 0. The molecule has 0 spiro atoms. The van der Waals surface area contributed by atoms with Gasteiger partial charge in [-0.05, 0) is 6.92 Å². The molecule has 2 heteroatoms. The minimum absolute atomic E-state index is 0.728. The lowest BCUT2D eigenvalue weighted by Gasteiger charge is -2.27. The van der Waals surface area contributed by atoms with Gasteiger partial charge in [-0.2, -0.15) is 0 Å². The lowest BCUT2D eigenvalue weighted by atomic mass is 10.3. The van der Waals surface area contributed by atoms with Crippen molar-refractivity contribution in [1.29, 1.82) is 0 Å². The quantitative estimate of drug-likeness (QED) is 0.443. The van der Waals surface area contributed by atoms with Gasteiger partial charge in [0.25, 0.3) is 6.73 Å². The molecule has 0 aromatic rings. The van der Waals surface area contributed by atoms with E-state index in [1.54, 1.807) is 0 Å². The molecule has 0 fully saturated rings. The van der Waals surface area contributed by atoms with E-state index in [1.807, 2.05) is 6.73 Å². The van der Waals surface area contributed by atoms with Crippen molar-refractivity contribution in [2.45, 2.75) is 6.92 Å². The maximum atomic E-state index is 5.18. The Bertz CT molecular complexity index is 138. The molecule has 0 aromatic carbocycles. The molecule has 0 saturated carbocycles. The third-order valence-electron chi connectivity index (χ3n) is 1.21. The molecule has 0 aliphatic carbocycles. The molecular formula is C7H13NO+. The first-order chi connectivity index (χ1) is 4.10. The molecule has 0 bridgehead atoms. The van der Waals surface area contributed by atoms with Gasteiger partial charge in [-0.25, -0.2) is 0 Å². The number of hydrogen-bond acceptors (Lipinski definition) is 1. The van der Waals surface area contributed by atoms with E-state index in [-0.39, 0.29) is 0 Å². The van der Waals surface area contributed by atoms with Gasteiger partial charge in [-0.15, -0.1) is 0 Å². The monoisotopic (exact) mass is 127 g/mol. The molecule has 1 radical (unpaired) electrons. The summed E-state index contributed by atoms with van der Waals surface area (Å²) in [6.07, 6.45) is 2.17. The molecular weight excluding hydrogens is 114 g/mol. The summed E-state index contributed by atoms with van der Waals surface area (Å²) in [6.45, 7) is 4.65. The van der Waals surface area contributed by atoms with Gasteiger partial charge in [0.15, 0.2) is 0 Å². The molecule has 1 aliphatic heterocycles. The van der Waals surface area contributed by atoms with Crippen molar-refractivity contribution in [1.82, 2.24) is 0 Å². The molecule has 0 saturated heterocycles. The lowest BCUT2D eigenvalue weighted by Crippen LogP contribution is -2.34. The molecule has 0 atom stereocenters. The Kier molecular flexibility index (Phi) is 1.60. The Morgan fingerprint density at radius 2 is 2.22 bits per heavy atom. The maximum Gasteiger partial charge on any atom is 0.278 e. The molecule has 0 amide bonds. The Hall–Kier alpha value is -0.340. The van der Waals surface area contributed by atoms with Gasteiger partial charge in [0.2, 0.25) is 0 Å². The van der Waals surface area contributed by atoms with E-state index in [0.717, 1.165) is 11.1 Å². The second-order valence-electron chi connectivity index (χ2n) is 3.02. The molecule has 1 heterocycles. The van der Waals surface area contributed by atoms with E-state index in [0.29, 0.717) is 0 Å². The molecule has 9 heavy (non-hydrogen) atoms. The highest BCUT2D eigenvalue weighted by atomic mass is 16.5. The van der Waals surface area contributed by atoms with Crippen molar-refractivity contribution in [3.8, 4) is 0 Å². The third kappa shape index (κ3) is 1.80. The van der Waals surface area contributed by atoms with E-state index in [2.05, 4.69) is 27.2 Å². The van der Waals surface area contributed by atoms with Crippen molar-refractivity contribution >= 4 is 0 Å². The molecule has 0 N–H and O–H groups in total. The lowest BCUT2D eigenvalue weighted by molar-refractivity contribution is -0.829. The topological polar surface area (TPSA) is 9.23 Å². The summed E-state index contributed by atoms with van der Waals surface area (Å²) in [5.74, 6) is 0. The van der Waals surface area contributed by atoms with E-state index in [1.165, 1.54) is 5.57 Å². The summed E-state index contributed by atoms with van der Waals surface area (Å²) in [6, 6.07) is 0. The normalized spacial score (nSPS) is 25.4. The van der Waals surface area contributed by atoms with Crippen LogP contribution in [0.5, 0.6) is 0 Å². The van der Waals surface area contributed by atoms with E-state index < -0.39 is 0 Å². The highest BCUT2D eigenvalue weighted by molar-refractivity contribution is 4.95. The third-order valence-corrected chi connectivity index (χ3v) is 1.21. The number of hydrogen-bond donors (Lipinski definition) is 0. The Morgan fingerprint density at radius 3 is 2.56 bits per heavy atom. The average Bonchev–Trinajstić information content (AvgIpc) is 1.60. The summed E-state index contributed by atoms with van der Waals surface area (Å²) < 4.78 is 5.90. The zero-order chi connectivity index (χ0) is 6.91. The first kappa shape index (κ1) is 6.78. The number of ether oxygens (including phenoxy) is 1. The molecule has 2 nitrogen and oxygen atoms in total. The van der Waals surface area contributed by atoms with Crippen LogP contribution >= 0.6 is 0 Å². The van der Waals surface area contributed by atoms with Crippen LogP contribution in [-0.4, -0.2) is 25.2 Å². The van der Waals surface area contributed by atoms with Crippen LogP contribution in [0, 0.1) is 6.73 Å². The van der Waals surface area contributed by atoms with Crippen LogP contribution in [0.15, 0.2) is 11.8 Å². The van der Waals surface area contributed by atoms with E-state index in [4.69, 9.17) is 4.74 Å². The van der Waals surface area contributed by atoms with Crippen molar-refractivity contribution in [3.05, 3.63) is 18.5 Å². The Labute approximate surface area is 56.3 Å². The Morgan fingerprint density at radius 1 is 1.56 bits per heavy atom. The van der Waals surface area contributed by atoms with Crippen LogP contribution in [-0.2, 0) is 4.74 Å². The van der Waals surface area contributed by atoms with Gasteiger partial charge in [0.05, 0.1) is 26.9 Å². The van der Waals surface area contributed by atoms with Crippen molar-refractivity contribution < 1.29 is 9.22 Å². The first-order valence-corrected chi connectivity index (χ1v) is 3.08. The molecule has 1 rings (SSSR count). The van der Waals surface area contributed by atoms with Gasteiger partial charge in [-0.1, -0.05) is 0 Å². The summed E-state index contributed by atoms with van der Waals surface area (Å²) >= 11 is 0. The standard InChI is InChI=1S/C7H13NO/c1-7-4-8(2,3)6-9-5-7/h4,6H,5H2,1-3H3/q+1. The van der Waals surface area contributed by atoms with Crippen LogP contribution in [0.2, 0.25) is 0 Å². The van der Waals surface area contributed by atoms with E-state index >= 15 is 0 Å². The zero-order valence-electron chi connectivity index (χ0n) is 6.22. The summed E-state index contributed by atoms with van der Waals surface area (Å²) in [5.41, 5.74) is 1.29. The second-order valence-corrected chi connectivity index (χ2v) is 3.02. The zero-order valence-corrected chi connectivity index (χ0v) is 6.22. The van der Waals surface area contributed by atoms with Gasteiger partial charge >= 0.3 is 0 Å². The van der Waals surface area contributed by atoms with Gasteiger partial charge < -0.3 is 4.74 Å². The van der Waals surface area contributed by atoms with Crippen molar-refractivity contribution in [3.63, 3.8) is 0 Å². The van der Waals surface area contributed by atoms with Crippen LogP contribution in [0.1, 0.15) is 6.92 Å². The summed E-state index contributed by atoms with van der Waals surface area (Å²) in [4.78, 5) is 0. The van der Waals surface area contributed by atoms with Gasteiger partial charge in [0.1, 0.15) is 0 Å². The first-order valence-electron chi connectivity index (χ1n) is 3.08. The van der Waals surface area contributed by atoms with Gasteiger partial charge in [0, 0.05) is 5.57 Å². The molecule has 1 aliphatic rings.